The molecule has 0 aliphatic heterocycles. The Hall–Kier alpha value is -3.38. The predicted octanol–water partition coefficient (Wildman–Crippen LogP) is 3.13. The van der Waals surface area contributed by atoms with E-state index in [0.29, 0.717) is 5.56 Å². The fourth-order valence-corrected chi connectivity index (χ4v) is 3.11. The molecule has 214 valence electrons. The molecule has 0 radical (unpaired) electrons. The largest absolute Gasteiger partial charge is 0.467 e. The summed E-state index contributed by atoms with van der Waals surface area (Å²) in [5, 5.41) is 23.1. The summed E-state index contributed by atoms with van der Waals surface area (Å²) in [5.74, 6) is -1.10. The average Bonchev–Trinajstić information content (AvgIpc) is 2.81. The van der Waals surface area contributed by atoms with Crippen LogP contribution in [-0.2, 0) is 30.3 Å². The lowest BCUT2D eigenvalue weighted by molar-refractivity contribution is -0.157. The number of methoxy groups -OCH3 is 1. The van der Waals surface area contributed by atoms with Gasteiger partial charge in [0, 0.05) is 6.54 Å². The maximum atomic E-state index is 12.8. The van der Waals surface area contributed by atoms with Gasteiger partial charge in [0.05, 0.1) is 13.2 Å². The number of ether oxygens (including phenoxy) is 4. The summed E-state index contributed by atoms with van der Waals surface area (Å²) in [6, 6.07) is 7.69. The quantitative estimate of drug-likeness (QED) is 0.297. The first-order valence-electron chi connectivity index (χ1n) is 12.2. The molecule has 0 unspecified atom stereocenters. The van der Waals surface area contributed by atoms with Crippen LogP contribution in [0.1, 0.15) is 59.9 Å². The van der Waals surface area contributed by atoms with Crippen LogP contribution in [0.2, 0.25) is 0 Å². The maximum absolute atomic E-state index is 12.8. The lowest BCUT2D eigenvalue weighted by Crippen LogP contribution is -2.52. The summed E-state index contributed by atoms with van der Waals surface area (Å²) in [6.07, 6.45) is -6.56. The highest BCUT2D eigenvalue weighted by molar-refractivity contribution is 5.87. The van der Waals surface area contributed by atoms with E-state index < -0.39 is 53.7 Å². The number of amides is 3. The number of benzene rings is 1. The molecular weight excluding hydrogens is 500 g/mol. The van der Waals surface area contributed by atoms with Crippen LogP contribution in [0.15, 0.2) is 30.3 Å². The van der Waals surface area contributed by atoms with Gasteiger partial charge in [-0.25, -0.2) is 24.1 Å². The smallest absolute Gasteiger partial charge is 0.419 e. The Morgan fingerprint density at radius 1 is 0.921 bits per heavy atom. The van der Waals surface area contributed by atoms with Crippen molar-refractivity contribution in [2.75, 3.05) is 13.7 Å². The number of nitrogens with one attached hydrogen (secondary N) is 1. The van der Waals surface area contributed by atoms with E-state index in [9.17, 15) is 29.4 Å². The average molecular weight is 541 g/mol. The molecular formula is C26H40N2O10. The number of carbonyl (C=O) groups excluding carboxylic acids is 4. The molecule has 12 nitrogen and oxygen atoms in total. The second kappa shape index (κ2) is 14.5. The minimum atomic E-state index is -1.96. The zero-order chi connectivity index (χ0) is 29.1. The lowest BCUT2D eigenvalue weighted by Gasteiger charge is -2.29. The first-order chi connectivity index (χ1) is 17.5. The minimum absolute atomic E-state index is 0.0328. The third-order valence-electron chi connectivity index (χ3n) is 4.82. The number of carbonyl (C=O) groups is 4. The molecule has 0 aromatic heterocycles. The zero-order valence-electron chi connectivity index (χ0n) is 23.1. The molecule has 1 aromatic rings. The van der Waals surface area contributed by atoms with Gasteiger partial charge in [-0.1, -0.05) is 30.3 Å². The Labute approximate surface area is 223 Å². The molecule has 0 fully saturated rings. The van der Waals surface area contributed by atoms with Crippen LogP contribution in [-0.4, -0.2) is 82.5 Å². The minimum Gasteiger partial charge on any atom is -0.467 e. The first-order valence-corrected chi connectivity index (χ1v) is 12.2. The highest BCUT2D eigenvalue weighted by Crippen LogP contribution is 2.16. The van der Waals surface area contributed by atoms with Crippen LogP contribution in [0.4, 0.5) is 14.4 Å². The number of rotatable bonds is 10. The maximum Gasteiger partial charge on any atom is 0.419 e. The van der Waals surface area contributed by atoms with E-state index in [1.54, 1.807) is 65.8 Å². The van der Waals surface area contributed by atoms with Crippen molar-refractivity contribution in [1.29, 1.82) is 0 Å². The van der Waals surface area contributed by atoms with E-state index in [-0.39, 0.29) is 26.0 Å². The van der Waals surface area contributed by atoms with E-state index >= 15 is 0 Å². The van der Waals surface area contributed by atoms with Crippen LogP contribution < -0.4 is 5.32 Å². The first kappa shape index (κ1) is 32.6. The summed E-state index contributed by atoms with van der Waals surface area (Å²) in [5.41, 5.74) is -1.03. The Morgan fingerprint density at radius 2 is 1.50 bits per heavy atom. The molecule has 0 aliphatic rings. The molecule has 0 bridgehead atoms. The Kier molecular flexibility index (Phi) is 12.5. The highest BCUT2D eigenvalue weighted by atomic mass is 16.6. The Balaban J connectivity index is 2.99. The predicted molar refractivity (Wildman–Crippen MR) is 136 cm³/mol. The molecule has 0 saturated carbocycles. The number of imide groups is 1. The van der Waals surface area contributed by atoms with Gasteiger partial charge in [0.15, 0.2) is 6.10 Å². The molecule has 0 spiro atoms. The third-order valence-corrected chi connectivity index (χ3v) is 4.82. The molecule has 3 atom stereocenters. The van der Waals surface area contributed by atoms with Crippen LogP contribution in [0.3, 0.4) is 0 Å². The van der Waals surface area contributed by atoms with Gasteiger partial charge in [0.2, 0.25) is 0 Å². The number of aliphatic hydroxyl groups excluding tert-OH is 2. The van der Waals surface area contributed by atoms with Crippen molar-refractivity contribution in [2.45, 2.75) is 90.4 Å². The van der Waals surface area contributed by atoms with Crippen molar-refractivity contribution >= 4 is 24.2 Å². The SMILES string of the molecule is COC(=O)[C@H](O)[C@H](O)[C@H](CCCN(C(=O)OCc1ccccc1)C(=O)OC(C)(C)C)NC(=O)OC(C)(C)C. The van der Waals surface area contributed by atoms with Crippen molar-refractivity contribution in [1.82, 2.24) is 10.2 Å². The van der Waals surface area contributed by atoms with Crippen molar-refractivity contribution in [3.05, 3.63) is 35.9 Å². The summed E-state index contributed by atoms with van der Waals surface area (Å²) in [4.78, 5) is 50.4. The van der Waals surface area contributed by atoms with Crippen molar-refractivity contribution in [2.24, 2.45) is 0 Å². The molecule has 0 saturated heterocycles. The zero-order valence-corrected chi connectivity index (χ0v) is 23.1. The van der Waals surface area contributed by atoms with Gasteiger partial charge in [0.25, 0.3) is 0 Å². The van der Waals surface area contributed by atoms with Crippen molar-refractivity contribution < 1.29 is 48.3 Å². The molecule has 1 rings (SSSR count). The summed E-state index contributed by atoms with van der Waals surface area (Å²) >= 11 is 0. The van der Waals surface area contributed by atoms with Crippen LogP contribution in [0, 0.1) is 0 Å². The standard InChI is InChI=1S/C26H40N2O10/c1-25(2,3)37-22(32)27-18(19(29)20(30)21(31)35-7)14-11-15-28(24(34)38-26(4,5)6)23(33)36-16-17-12-9-8-10-13-17/h8-10,12-13,18-20,29-30H,11,14-16H2,1-7H3,(H,27,32)/t18-,19+,20+/m0/s1. The molecule has 3 amide bonds. The topological polar surface area (TPSA) is 161 Å². The van der Waals surface area contributed by atoms with Crippen LogP contribution >= 0.6 is 0 Å². The molecule has 1 aromatic carbocycles. The number of alkyl carbamates (subject to hydrolysis) is 1. The normalized spacial score (nSPS) is 13.9. The van der Waals surface area contributed by atoms with Crippen molar-refractivity contribution in [3.8, 4) is 0 Å². The number of nitrogens with zero attached hydrogens (tertiary/aromatic N) is 1. The fraction of sp³-hybridized carbons (Fsp3) is 0.615. The Bertz CT molecular complexity index is 924. The van der Waals surface area contributed by atoms with Crippen LogP contribution in [0.25, 0.3) is 0 Å². The third kappa shape index (κ3) is 12.2. The molecule has 12 heteroatoms. The van der Waals surface area contributed by atoms with Gasteiger partial charge in [-0.15, -0.1) is 0 Å². The highest BCUT2D eigenvalue weighted by Gasteiger charge is 2.35. The van der Waals surface area contributed by atoms with Gasteiger partial charge in [-0.05, 0) is 59.9 Å². The van der Waals surface area contributed by atoms with Crippen molar-refractivity contribution in [3.63, 3.8) is 0 Å². The number of hydrogen-bond acceptors (Lipinski definition) is 10. The molecule has 3 N–H and O–H groups in total. The van der Waals surface area contributed by atoms with E-state index in [0.717, 1.165) is 12.0 Å². The summed E-state index contributed by atoms with van der Waals surface area (Å²) < 4.78 is 20.3. The lowest BCUT2D eigenvalue weighted by atomic mass is 10.0. The monoisotopic (exact) mass is 540 g/mol. The fourth-order valence-electron chi connectivity index (χ4n) is 3.11. The number of hydrogen-bond donors (Lipinski definition) is 3. The molecule has 0 aliphatic carbocycles. The van der Waals surface area contributed by atoms with E-state index in [1.165, 1.54) is 0 Å². The van der Waals surface area contributed by atoms with Gasteiger partial charge in [-0.3, -0.25) is 0 Å². The van der Waals surface area contributed by atoms with E-state index in [2.05, 4.69) is 10.1 Å². The summed E-state index contributed by atoms with van der Waals surface area (Å²) in [6.45, 7) is 9.56. The molecule has 38 heavy (non-hydrogen) atoms. The van der Waals surface area contributed by atoms with Gasteiger partial charge < -0.3 is 34.5 Å². The van der Waals surface area contributed by atoms with Crippen LogP contribution in [0.5, 0.6) is 0 Å². The Morgan fingerprint density at radius 3 is 2.03 bits per heavy atom. The summed E-state index contributed by atoms with van der Waals surface area (Å²) in [7, 11) is 1.04. The molecule has 0 heterocycles. The van der Waals surface area contributed by atoms with E-state index in [1.807, 2.05) is 6.07 Å². The van der Waals surface area contributed by atoms with E-state index in [4.69, 9.17) is 14.2 Å². The van der Waals surface area contributed by atoms with Gasteiger partial charge in [0.1, 0.15) is 23.9 Å². The second-order valence-electron chi connectivity index (χ2n) is 10.5. The second-order valence-corrected chi connectivity index (χ2v) is 10.5. The van der Waals surface area contributed by atoms with Gasteiger partial charge in [-0.2, -0.15) is 0 Å². The number of aliphatic hydroxyl groups is 2. The number of esters is 1. The van der Waals surface area contributed by atoms with Gasteiger partial charge >= 0.3 is 24.2 Å².